The summed E-state index contributed by atoms with van der Waals surface area (Å²) < 4.78 is 5.83. The lowest BCUT2D eigenvalue weighted by Crippen LogP contribution is -2.66. The molecule has 1 aromatic rings. The molecule has 0 aromatic carbocycles. The predicted octanol–water partition coefficient (Wildman–Crippen LogP) is 2.20. The molecule has 0 N–H and O–H groups in total. The van der Waals surface area contributed by atoms with Gasteiger partial charge in [-0.05, 0) is 18.6 Å². The van der Waals surface area contributed by atoms with E-state index in [0.29, 0.717) is 23.6 Å². The second-order valence-corrected chi connectivity index (χ2v) is 6.14. The molecule has 1 aliphatic heterocycles. The summed E-state index contributed by atoms with van der Waals surface area (Å²) in [4.78, 5) is 6.64. The third kappa shape index (κ3) is 1.73. The van der Waals surface area contributed by atoms with Crippen molar-refractivity contribution in [1.29, 1.82) is 5.26 Å². The normalized spacial score (nSPS) is 31.2. The van der Waals surface area contributed by atoms with Crippen molar-refractivity contribution in [3.8, 4) is 6.07 Å². The van der Waals surface area contributed by atoms with Gasteiger partial charge in [0.25, 0.3) is 0 Å². The Morgan fingerprint density at radius 1 is 1.47 bits per heavy atom. The number of rotatable bonds is 2. The molecule has 2 heterocycles. The first-order chi connectivity index (χ1) is 9.05. The van der Waals surface area contributed by atoms with Gasteiger partial charge in [0.05, 0.1) is 11.7 Å². The Bertz CT molecular complexity index is 517. The van der Waals surface area contributed by atoms with Crippen molar-refractivity contribution in [1.82, 2.24) is 4.98 Å². The summed E-state index contributed by atoms with van der Waals surface area (Å²) in [5, 5.41) is 8.82. The largest absolute Gasteiger partial charge is 0.377 e. The maximum Gasteiger partial charge on any atom is 0.128 e. The zero-order chi connectivity index (χ0) is 13.6. The Balaban J connectivity index is 1.83. The lowest BCUT2D eigenvalue weighted by Gasteiger charge is -2.58. The van der Waals surface area contributed by atoms with Crippen molar-refractivity contribution >= 4 is 5.82 Å². The fraction of sp³-hybridized carbons (Fsp3) is 0.600. The number of ether oxygens (including phenoxy) is 1. The highest BCUT2D eigenvalue weighted by Crippen LogP contribution is 2.54. The summed E-state index contributed by atoms with van der Waals surface area (Å²) in [6.07, 6.45) is 3.16. The van der Waals surface area contributed by atoms with Crippen LogP contribution >= 0.6 is 0 Å². The van der Waals surface area contributed by atoms with Gasteiger partial charge >= 0.3 is 0 Å². The van der Waals surface area contributed by atoms with Crippen LogP contribution in [0.5, 0.6) is 0 Å². The summed E-state index contributed by atoms with van der Waals surface area (Å²) >= 11 is 0. The molecule has 4 nitrogen and oxygen atoms in total. The molecule has 0 bridgehead atoms. The molecule has 19 heavy (non-hydrogen) atoms. The summed E-state index contributed by atoms with van der Waals surface area (Å²) in [6, 6.07) is 6.32. The van der Waals surface area contributed by atoms with E-state index in [-0.39, 0.29) is 5.41 Å². The number of hydrogen-bond donors (Lipinski definition) is 0. The van der Waals surface area contributed by atoms with Gasteiger partial charge in [0, 0.05) is 37.2 Å². The van der Waals surface area contributed by atoms with Crippen LogP contribution in [-0.4, -0.2) is 30.8 Å². The van der Waals surface area contributed by atoms with E-state index in [1.807, 2.05) is 12.1 Å². The fourth-order valence-corrected chi connectivity index (χ4v) is 3.89. The quantitative estimate of drug-likeness (QED) is 0.815. The molecule has 1 aromatic heterocycles. The van der Waals surface area contributed by atoms with Gasteiger partial charge in [-0.1, -0.05) is 13.8 Å². The van der Waals surface area contributed by atoms with Crippen molar-refractivity contribution in [3.63, 3.8) is 0 Å². The summed E-state index contributed by atoms with van der Waals surface area (Å²) in [6.45, 7) is 5.42. The molecule has 4 heteroatoms. The number of nitrogens with zero attached hydrogens (tertiary/aromatic N) is 3. The van der Waals surface area contributed by atoms with Crippen LogP contribution in [0.15, 0.2) is 18.3 Å². The van der Waals surface area contributed by atoms with Crippen molar-refractivity contribution in [2.75, 3.05) is 18.6 Å². The first-order valence-electron chi connectivity index (χ1n) is 6.76. The number of anilines is 1. The Labute approximate surface area is 114 Å². The average molecular weight is 257 g/mol. The van der Waals surface area contributed by atoms with Crippen molar-refractivity contribution < 1.29 is 4.74 Å². The van der Waals surface area contributed by atoms with E-state index < -0.39 is 0 Å². The van der Waals surface area contributed by atoms with Crippen LogP contribution in [0.4, 0.5) is 5.82 Å². The maximum absolute atomic E-state index is 8.82. The SMILES string of the molecule is CN(c1ccc(C#N)cn1)C1C2CCOC2C1(C)C. The van der Waals surface area contributed by atoms with Gasteiger partial charge < -0.3 is 9.64 Å². The number of pyridine rings is 1. The molecule has 0 spiro atoms. The Morgan fingerprint density at radius 3 is 2.89 bits per heavy atom. The second-order valence-electron chi connectivity index (χ2n) is 6.14. The van der Waals surface area contributed by atoms with Gasteiger partial charge in [-0.15, -0.1) is 0 Å². The molecule has 0 radical (unpaired) electrons. The molecule has 3 atom stereocenters. The van der Waals surface area contributed by atoms with Crippen LogP contribution in [0.3, 0.4) is 0 Å². The Hall–Kier alpha value is -1.60. The van der Waals surface area contributed by atoms with Crippen LogP contribution in [0.25, 0.3) is 0 Å². The lowest BCUT2D eigenvalue weighted by atomic mass is 9.57. The predicted molar refractivity (Wildman–Crippen MR) is 72.8 cm³/mol. The molecule has 2 aliphatic rings. The van der Waals surface area contributed by atoms with Crippen LogP contribution in [0.2, 0.25) is 0 Å². The van der Waals surface area contributed by atoms with E-state index in [0.717, 1.165) is 18.8 Å². The summed E-state index contributed by atoms with van der Waals surface area (Å²) in [5.74, 6) is 1.54. The summed E-state index contributed by atoms with van der Waals surface area (Å²) in [5.41, 5.74) is 0.762. The number of fused-ring (bicyclic) bond motifs is 1. The van der Waals surface area contributed by atoms with Crippen LogP contribution in [0, 0.1) is 22.7 Å². The lowest BCUT2D eigenvalue weighted by molar-refractivity contribution is -0.101. The molecule has 1 saturated carbocycles. The number of nitriles is 1. The molecule has 0 amide bonds. The van der Waals surface area contributed by atoms with Gasteiger partial charge in [0.1, 0.15) is 11.9 Å². The third-order valence-electron chi connectivity index (χ3n) is 4.69. The van der Waals surface area contributed by atoms with Gasteiger partial charge in [-0.3, -0.25) is 0 Å². The molecule has 1 saturated heterocycles. The van der Waals surface area contributed by atoms with Gasteiger partial charge in [-0.25, -0.2) is 4.98 Å². The number of hydrogen-bond acceptors (Lipinski definition) is 4. The van der Waals surface area contributed by atoms with Crippen molar-refractivity contribution in [3.05, 3.63) is 23.9 Å². The minimum Gasteiger partial charge on any atom is -0.377 e. The molecule has 3 unspecified atom stereocenters. The minimum absolute atomic E-state index is 0.158. The van der Waals surface area contributed by atoms with Gasteiger partial charge in [0.15, 0.2) is 0 Å². The van der Waals surface area contributed by atoms with Crippen LogP contribution in [0.1, 0.15) is 25.8 Å². The molecular weight excluding hydrogens is 238 g/mol. The third-order valence-corrected chi connectivity index (χ3v) is 4.69. The van der Waals surface area contributed by atoms with Crippen molar-refractivity contribution in [2.45, 2.75) is 32.4 Å². The number of aromatic nitrogens is 1. The summed E-state index contributed by atoms with van der Waals surface area (Å²) in [7, 11) is 2.09. The molecule has 100 valence electrons. The van der Waals surface area contributed by atoms with Gasteiger partial charge in [0.2, 0.25) is 0 Å². The highest BCUT2D eigenvalue weighted by molar-refractivity contribution is 5.44. The first-order valence-corrected chi connectivity index (χ1v) is 6.76. The van der Waals surface area contributed by atoms with E-state index in [2.05, 4.69) is 36.8 Å². The molecule has 3 rings (SSSR count). The molecular formula is C15H19N3O. The van der Waals surface area contributed by atoms with E-state index in [4.69, 9.17) is 10.00 Å². The van der Waals surface area contributed by atoms with E-state index in [1.54, 1.807) is 6.20 Å². The Kier molecular flexibility index (Phi) is 2.75. The second kappa shape index (κ2) is 4.21. The topological polar surface area (TPSA) is 49.2 Å². The maximum atomic E-state index is 8.82. The highest BCUT2D eigenvalue weighted by Gasteiger charge is 2.60. The van der Waals surface area contributed by atoms with Crippen LogP contribution < -0.4 is 4.90 Å². The molecule has 2 fully saturated rings. The standard InChI is InChI=1S/C15H19N3O/c1-15(2)13(11-6-7-19-14(11)15)18(3)12-5-4-10(8-16)9-17-12/h4-5,9,11,13-14H,6-7H2,1-3H3. The zero-order valence-electron chi connectivity index (χ0n) is 11.6. The van der Waals surface area contributed by atoms with Crippen LogP contribution in [-0.2, 0) is 4.74 Å². The average Bonchev–Trinajstić information content (AvgIpc) is 2.85. The fourth-order valence-electron chi connectivity index (χ4n) is 3.89. The zero-order valence-corrected chi connectivity index (χ0v) is 11.6. The monoisotopic (exact) mass is 257 g/mol. The smallest absolute Gasteiger partial charge is 0.128 e. The first kappa shape index (κ1) is 12.4. The van der Waals surface area contributed by atoms with E-state index in [9.17, 15) is 0 Å². The van der Waals surface area contributed by atoms with E-state index in [1.165, 1.54) is 0 Å². The molecule has 1 aliphatic carbocycles. The minimum atomic E-state index is 0.158. The van der Waals surface area contributed by atoms with E-state index >= 15 is 0 Å². The highest BCUT2D eigenvalue weighted by atomic mass is 16.5. The Morgan fingerprint density at radius 2 is 2.26 bits per heavy atom. The van der Waals surface area contributed by atoms with Gasteiger partial charge in [-0.2, -0.15) is 5.26 Å². The van der Waals surface area contributed by atoms with Crippen molar-refractivity contribution in [2.24, 2.45) is 11.3 Å².